The maximum absolute atomic E-state index is 12.7. The zero-order valence-electron chi connectivity index (χ0n) is 11.2. The fourth-order valence-corrected chi connectivity index (χ4v) is 3.95. The summed E-state index contributed by atoms with van der Waals surface area (Å²) >= 11 is 0. The van der Waals surface area contributed by atoms with E-state index in [1.54, 1.807) is 19.2 Å². The van der Waals surface area contributed by atoms with Crippen molar-refractivity contribution in [2.24, 2.45) is 23.7 Å². The molecule has 20 heavy (non-hydrogen) atoms. The zero-order valence-corrected chi connectivity index (χ0v) is 11.2. The van der Waals surface area contributed by atoms with E-state index in [9.17, 15) is 9.59 Å². The van der Waals surface area contributed by atoms with Gasteiger partial charge >= 0.3 is 0 Å². The number of rotatable bonds is 2. The van der Waals surface area contributed by atoms with Crippen LogP contribution in [0.25, 0.3) is 0 Å². The Hall–Kier alpha value is -2.10. The van der Waals surface area contributed by atoms with Crippen molar-refractivity contribution < 1.29 is 14.3 Å². The second-order valence-corrected chi connectivity index (χ2v) is 5.68. The Morgan fingerprint density at radius 2 is 1.65 bits per heavy atom. The van der Waals surface area contributed by atoms with Gasteiger partial charge in [-0.25, -0.2) is 4.90 Å². The third kappa shape index (κ3) is 1.31. The lowest BCUT2D eigenvalue weighted by molar-refractivity contribution is -0.123. The highest BCUT2D eigenvalue weighted by atomic mass is 16.5. The lowest BCUT2D eigenvalue weighted by Gasteiger charge is -2.19. The molecule has 3 aliphatic rings. The number of imide groups is 1. The molecule has 2 bridgehead atoms. The summed E-state index contributed by atoms with van der Waals surface area (Å²) in [6, 6.07) is 7.20. The van der Waals surface area contributed by atoms with Crippen molar-refractivity contribution in [3.05, 3.63) is 36.4 Å². The summed E-state index contributed by atoms with van der Waals surface area (Å²) in [5.41, 5.74) is 0.568. The number of hydrogen-bond donors (Lipinski definition) is 0. The van der Waals surface area contributed by atoms with Gasteiger partial charge in [-0.2, -0.15) is 0 Å². The Labute approximate surface area is 117 Å². The van der Waals surface area contributed by atoms with E-state index in [0.29, 0.717) is 11.4 Å². The quantitative estimate of drug-likeness (QED) is 0.609. The number of allylic oxidation sites excluding steroid dienone is 2. The molecule has 0 aromatic heterocycles. The molecule has 102 valence electrons. The number of hydrogen-bond acceptors (Lipinski definition) is 3. The summed E-state index contributed by atoms with van der Waals surface area (Å²) < 4.78 is 5.28. The molecule has 0 radical (unpaired) electrons. The first kappa shape index (κ1) is 11.7. The smallest absolute Gasteiger partial charge is 0.238 e. The van der Waals surface area contributed by atoms with Crippen molar-refractivity contribution in [1.82, 2.24) is 0 Å². The van der Waals surface area contributed by atoms with E-state index < -0.39 is 0 Å². The average molecular weight is 269 g/mol. The number of ether oxygens (including phenoxy) is 1. The van der Waals surface area contributed by atoms with Gasteiger partial charge in [-0.3, -0.25) is 9.59 Å². The van der Waals surface area contributed by atoms with Crippen molar-refractivity contribution in [1.29, 1.82) is 0 Å². The summed E-state index contributed by atoms with van der Waals surface area (Å²) in [4.78, 5) is 26.7. The summed E-state index contributed by atoms with van der Waals surface area (Å²) in [6.45, 7) is 0. The predicted octanol–water partition coefficient (Wildman–Crippen LogP) is 2.01. The number of nitrogens with zero attached hydrogens (tertiary/aromatic N) is 1. The summed E-state index contributed by atoms with van der Waals surface area (Å²) in [5, 5.41) is 0. The molecule has 4 rings (SSSR count). The van der Waals surface area contributed by atoms with Crippen LogP contribution in [0.15, 0.2) is 36.4 Å². The van der Waals surface area contributed by atoms with Gasteiger partial charge in [0.2, 0.25) is 11.8 Å². The van der Waals surface area contributed by atoms with Crippen LogP contribution < -0.4 is 9.64 Å². The topological polar surface area (TPSA) is 46.6 Å². The van der Waals surface area contributed by atoms with Crippen LogP contribution in [0.4, 0.5) is 5.69 Å². The Kier molecular flexibility index (Phi) is 2.31. The molecule has 1 aromatic rings. The first-order valence-corrected chi connectivity index (χ1v) is 6.91. The fraction of sp³-hybridized carbons (Fsp3) is 0.375. The Balaban J connectivity index is 1.78. The van der Waals surface area contributed by atoms with Gasteiger partial charge in [0.25, 0.3) is 0 Å². The monoisotopic (exact) mass is 269 g/mol. The number of para-hydroxylation sites is 2. The van der Waals surface area contributed by atoms with Crippen molar-refractivity contribution in [3.63, 3.8) is 0 Å². The van der Waals surface area contributed by atoms with E-state index in [0.717, 1.165) is 6.42 Å². The molecule has 2 unspecified atom stereocenters. The predicted molar refractivity (Wildman–Crippen MR) is 73.2 cm³/mol. The van der Waals surface area contributed by atoms with E-state index in [1.807, 2.05) is 12.1 Å². The molecular formula is C16H15NO3. The van der Waals surface area contributed by atoms with Gasteiger partial charge in [0.05, 0.1) is 24.6 Å². The maximum atomic E-state index is 12.7. The van der Waals surface area contributed by atoms with E-state index in [2.05, 4.69) is 12.2 Å². The second kappa shape index (κ2) is 3.95. The lowest BCUT2D eigenvalue weighted by atomic mass is 9.85. The Morgan fingerprint density at radius 3 is 2.25 bits per heavy atom. The normalized spacial score (nSPS) is 34.0. The van der Waals surface area contributed by atoms with E-state index in [4.69, 9.17) is 4.74 Å². The summed E-state index contributed by atoms with van der Waals surface area (Å²) in [5.74, 6) is 0.573. The van der Waals surface area contributed by atoms with Gasteiger partial charge in [-0.1, -0.05) is 24.3 Å². The van der Waals surface area contributed by atoms with Crippen LogP contribution >= 0.6 is 0 Å². The molecule has 0 spiro atoms. The molecule has 1 saturated carbocycles. The number of anilines is 1. The number of benzene rings is 1. The minimum Gasteiger partial charge on any atom is -0.495 e. The van der Waals surface area contributed by atoms with Gasteiger partial charge in [-0.05, 0) is 30.4 Å². The third-order valence-corrected chi connectivity index (χ3v) is 4.80. The van der Waals surface area contributed by atoms with Crippen LogP contribution in [-0.2, 0) is 9.59 Å². The lowest BCUT2D eigenvalue weighted by Crippen LogP contribution is -2.33. The number of amides is 2. The molecule has 2 fully saturated rings. The van der Waals surface area contributed by atoms with Crippen LogP contribution in [0.3, 0.4) is 0 Å². The molecule has 1 saturated heterocycles. The van der Waals surface area contributed by atoms with Crippen LogP contribution in [0.2, 0.25) is 0 Å². The van der Waals surface area contributed by atoms with Crippen molar-refractivity contribution in [2.75, 3.05) is 12.0 Å². The number of methoxy groups -OCH3 is 1. The average Bonchev–Trinajstić information content (AvgIpc) is 3.13. The van der Waals surface area contributed by atoms with Crippen LogP contribution in [-0.4, -0.2) is 18.9 Å². The third-order valence-electron chi connectivity index (χ3n) is 4.80. The summed E-state index contributed by atoms with van der Waals surface area (Å²) in [6.07, 6.45) is 5.15. The van der Waals surface area contributed by atoms with Gasteiger partial charge in [-0.15, -0.1) is 0 Å². The van der Waals surface area contributed by atoms with Crippen molar-refractivity contribution in [3.8, 4) is 5.75 Å². The maximum Gasteiger partial charge on any atom is 0.238 e. The molecule has 1 aromatic carbocycles. The SMILES string of the molecule is COc1ccccc1N1C(=O)C2C(C1=O)[C@H]1C=C[C@@H]2C1. The first-order chi connectivity index (χ1) is 9.72. The number of carbonyl (C=O) groups is 2. The molecular weight excluding hydrogens is 254 g/mol. The van der Waals surface area contributed by atoms with E-state index in [-0.39, 0.29) is 35.5 Å². The van der Waals surface area contributed by atoms with Gasteiger partial charge in [0, 0.05) is 0 Å². The molecule has 0 N–H and O–H groups in total. The minimum atomic E-state index is -0.164. The number of carbonyl (C=O) groups excluding carboxylic acids is 2. The zero-order chi connectivity index (χ0) is 13.9. The van der Waals surface area contributed by atoms with E-state index in [1.165, 1.54) is 4.90 Å². The van der Waals surface area contributed by atoms with Crippen LogP contribution in [0, 0.1) is 23.7 Å². The van der Waals surface area contributed by atoms with Gasteiger partial charge in [0.1, 0.15) is 5.75 Å². The minimum absolute atomic E-state index is 0.0682. The highest BCUT2D eigenvalue weighted by Gasteiger charge is 2.59. The van der Waals surface area contributed by atoms with Crippen LogP contribution in [0.1, 0.15) is 6.42 Å². The van der Waals surface area contributed by atoms with Gasteiger partial charge in [0.15, 0.2) is 0 Å². The fourth-order valence-electron chi connectivity index (χ4n) is 3.95. The summed E-state index contributed by atoms with van der Waals surface area (Å²) in [7, 11) is 1.55. The molecule has 1 aliphatic heterocycles. The highest BCUT2D eigenvalue weighted by molar-refractivity contribution is 6.23. The van der Waals surface area contributed by atoms with E-state index >= 15 is 0 Å². The number of fused-ring (bicyclic) bond motifs is 5. The Morgan fingerprint density at radius 1 is 1.05 bits per heavy atom. The molecule has 4 nitrogen and oxygen atoms in total. The van der Waals surface area contributed by atoms with Crippen molar-refractivity contribution >= 4 is 17.5 Å². The standard InChI is InChI=1S/C16H15NO3/c1-20-12-5-3-2-4-11(12)17-15(18)13-9-6-7-10(8-9)14(13)16(17)19/h2-7,9-10,13-14H,8H2,1H3/t9-,10+,13?,14?. The molecule has 2 aliphatic carbocycles. The second-order valence-electron chi connectivity index (χ2n) is 5.68. The first-order valence-electron chi connectivity index (χ1n) is 6.91. The van der Waals surface area contributed by atoms with Crippen molar-refractivity contribution in [2.45, 2.75) is 6.42 Å². The molecule has 1 heterocycles. The molecule has 2 amide bonds. The van der Waals surface area contributed by atoms with Gasteiger partial charge < -0.3 is 4.74 Å². The highest BCUT2D eigenvalue weighted by Crippen LogP contribution is 2.53. The molecule has 4 atom stereocenters. The largest absolute Gasteiger partial charge is 0.495 e. The Bertz CT molecular complexity index is 606. The molecule has 4 heteroatoms. The van der Waals surface area contributed by atoms with Crippen LogP contribution in [0.5, 0.6) is 5.75 Å².